The lowest BCUT2D eigenvalue weighted by Gasteiger charge is -2.31. The molecule has 3 amide bonds. The fourth-order valence-electron chi connectivity index (χ4n) is 5.66. The summed E-state index contributed by atoms with van der Waals surface area (Å²) < 4.78 is 0. The van der Waals surface area contributed by atoms with Gasteiger partial charge in [0.2, 0.25) is 11.8 Å². The molecule has 2 aliphatic heterocycles. The van der Waals surface area contributed by atoms with Gasteiger partial charge in [0.15, 0.2) is 0 Å². The lowest BCUT2D eigenvalue weighted by Crippen LogP contribution is -2.52. The summed E-state index contributed by atoms with van der Waals surface area (Å²) in [5.74, 6) is -0.777. The zero-order valence-electron chi connectivity index (χ0n) is 20.1. The molecule has 0 unspecified atom stereocenters. The van der Waals surface area contributed by atoms with Crippen LogP contribution >= 0.6 is 0 Å². The van der Waals surface area contributed by atoms with E-state index in [1.54, 1.807) is 36.9 Å². The van der Waals surface area contributed by atoms with Crippen LogP contribution in [0.3, 0.4) is 0 Å². The highest BCUT2D eigenvalue weighted by Crippen LogP contribution is 2.65. The van der Waals surface area contributed by atoms with Crippen LogP contribution in [0.25, 0.3) is 0 Å². The summed E-state index contributed by atoms with van der Waals surface area (Å²) in [7, 11) is 0. The van der Waals surface area contributed by atoms with Crippen LogP contribution in [0.2, 0.25) is 0 Å². The molecule has 0 radical (unpaired) electrons. The standard InChI is InChI=1S/C26H32N4O4/c1-25(2,14-27)17-7-5-6-16(10-17)24(34)30-12-19-20(26(19,3)4)21(30)23(33)29-18(13-31)11-15-8-9-28-22(15)32/h5-7,10,13,15,18-21H,8-9,11-12H2,1-4H3,(H,28,32)(H,29,33)/t15-,18-,19-,20-,21-/m0/s1. The third-order valence-corrected chi connectivity index (χ3v) is 8.04. The molecule has 2 saturated heterocycles. The fourth-order valence-corrected chi connectivity index (χ4v) is 5.66. The number of nitrogens with zero attached hydrogens (tertiary/aromatic N) is 2. The Morgan fingerprint density at radius 3 is 2.74 bits per heavy atom. The Kier molecular flexibility index (Phi) is 6.01. The first-order valence-corrected chi connectivity index (χ1v) is 11.9. The van der Waals surface area contributed by atoms with Crippen molar-refractivity contribution in [3.8, 4) is 6.07 Å². The van der Waals surface area contributed by atoms with Gasteiger partial charge in [0.05, 0.1) is 17.5 Å². The van der Waals surface area contributed by atoms with Gasteiger partial charge in [-0.25, -0.2) is 0 Å². The van der Waals surface area contributed by atoms with Gasteiger partial charge in [-0.3, -0.25) is 14.4 Å². The third kappa shape index (κ3) is 4.08. The minimum Gasteiger partial charge on any atom is -0.356 e. The molecule has 1 saturated carbocycles. The quantitative estimate of drug-likeness (QED) is 0.597. The van der Waals surface area contributed by atoms with E-state index in [1.165, 1.54) is 0 Å². The zero-order chi connectivity index (χ0) is 24.8. The Morgan fingerprint density at radius 1 is 1.38 bits per heavy atom. The molecule has 8 nitrogen and oxygen atoms in total. The summed E-state index contributed by atoms with van der Waals surface area (Å²) in [6.45, 7) is 8.83. The number of hydrogen-bond acceptors (Lipinski definition) is 5. The van der Waals surface area contributed by atoms with Gasteiger partial charge >= 0.3 is 0 Å². The Morgan fingerprint density at radius 2 is 2.12 bits per heavy atom. The predicted molar refractivity (Wildman–Crippen MR) is 124 cm³/mol. The van der Waals surface area contributed by atoms with E-state index >= 15 is 0 Å². The largest absolute Gasteiger partial charge is 0.356 e. The van der Waals surface area contributed by atoms with Crippen molar-refractivity contribution in [1.29, 1.82) is 5.26 Å². The van der Waals surface area contributed by atoms with E-state index in [9.17, 15) is 24.4 Å². The average Bonchev–Trinajstić information content (AvgIpc) is 3.16. The zero-order valence-corrected chi connectivity index (χ0v) is 20.1. The highest BCUT2D eigenvalue weighted by molar-refractivity contribution is 5.99. The summed E-state index contributed by atoms with van der Waals surface area (Å²) in [4.78, 5) is 52.2. The Bertz CT molecular complexity index is 1070. The van der Waals surface area contributed by atoms with Crippen LogP contribution in [0.15, 0.2) is 24.3 Å². The number of likely N-dealkylation sites (tertiary alicyclic amines) is 1. The fraction of sp³-hybridized carbons (Fsp3) is 0.577. The molecular formula is C26H32N4O4. The van der Waals surface area contributed by atoms with Gasteiger partial charge in [0.25, 0.3) is 5.91 Å². The Labute approximate surface area is 200 Å². The first kappa shape index (κ1) is 23.9. The van der Waals surface area contributed by atoms with Crippen molar-refractivity contribution >= 4 is 24.0 Å². The molecule has 5 atom stereocenters. The summed E-state index contributed by atoms with van der Waals surface area (Å²) >= 11 is 0. The molecule has 1 aliphatic carbocycles. The van der Waals surface area contributed by atoms with Crippen LogP contribution < -0.4 is 10.6 Å². The lowest BCUT2D eigenvalue weighted by atomic mass is 9.85. The maximum Gasteiger partial charge on any atom is 0.254 e. The molecule has 3 fully saturated rings. The summed E-state index contributed by atoms with van der Waals surface area (Å²) in [5.41, 5.74) is 0.367. The second kappa shape index (κ2) is 8.53. The number of benzene rings is 1. The van der Waals surface area contributed by atoms with Crippen molar-refractivity contribution in [2.24, 2.45) is 23.2 Å². The van der Waals surface area contributed by atoms with Crippen LogP contribution in [0, 0.1) is 34.5 Å². The predicted octanol–water partition coefficient (Wildman–Crippen LogP) is 1.79. The van der Waals surface area contributed by atoms with Gasteiger partial charge in [0.1, 0.15) is 12.3 Å². The molecular weight excluding hydrogens is 432 g/mol. The lowest BCUT2D eigenvalue weighted by molar-refractivity contribution is -0.129. The molecule has 180 valence electrons. The smallest absolute Gasteiger partial charge is 0.254 e. The molecule has 3 aliphatic rings. The summed E-state index contributed by atoms with van der Waals surface area (Å²) in [6, 6.07) is 7.80. The van der Waals surface area contributed by atoms with Crippen LogP contribution in [-0.4, -0.2) is 54.1 Å². The molecule has 4 rings (SSSR count). The van der Waals surface area contributed by atoms with Crippen molar-refractivity contribution in [3.63, 3.8) is 0 Å². The number of carbonyl (C=O) groups excluding carboxylic acids is 4. The first-order valence-electron chi connectivity index (χ1n) is 11.9. The van der Waals surface area contributed by atoms with E-state index < -0.39 is 17.5 Å². The molecule has 0 aromatic heterocycles. The number of nitriles is 1. The van der Waals surface area contributed by atoms with Gasteiger partial charge in [-0.15, -0.1) is 0 Å². The van der Waals surface area contributed by atoms with E-state index in [0.29, 0.717) is 31.4 Å². The number of carbonyl (C=O) groups is 4. The first-order chi connectivity index (χ1) is 16.0. The SMILES string of the molecule is CC(C)(C#N)c1cccc(C(=O)N2C[C@H]3[C@@H]([C@H]2C(=O)N[C@H](C=O)C[C@@H]2CCNC2=O)C3(C)C)c1. The van der Waals surface area contributed by atoms with Crippen molar-refractivity contribution in [3.05, 3.63) is 35.4 Å². The number of aldehydes is 1. The number of rotatable bonds is 7. The molecule has 0 bridgehead atoms. The summed E-state index contributed by atoms with van der Waals surface area (Å²) in [6.07, 6.45) is 1.57. The molecule has 1 aromatic rings. The Balaban J connectivity index is 1.54. The van der Waals surface area contributed by atoms with E-state index in [4.69, 9.17) is 0 Å². The molecule has 8 heteroatoms. The van der Waals surface area contributed by atoms with E-state index in [1.807, 2.05) is 6.07 Å². The number of fused-ring (bicyclic) bond motifs is 1. The van der Waals surface area contributed by atoms with Gasteiger partial charge in [0, 0.05) is 24.6 Å². The third-order valence-electron chi connectivity index (χ3n) is 8.04. The molecule has 2 heterocycles. The van der Waals surface area contributed by atoms with Crippen molar-refractivity contribution in [2.75, 3.05) is 13.1 Å². The monoisotopic (exact) mass is 464 g/mol. The van der Waals surface area contributed by atoms with E-state index in [2.05, 4.69) is 30.6 Å². The van der Waals surface area contributed by atoms with Crippen molar-refractivity contribution in [2.45, 2.75) is 58.0 Å². The minimum atomic E-state index is -0.779. The molecule has 34 heavy (non-hydrogen) atoms. The second-order valence-electron chi connectivity index (χ2n) is 10.9. The highest BCUT2D eigenvalue weighted by Gasteiger charge is 2.69. The van der Waals surface area contributed by atoms with Crippen molar-refractivity contribution in [1.82, 2.24) is 15.5 Å². The van der Waals surface area contributed by atoms with Gasteiger partial charge in [-0.05, 0) is 61.6 Å². The molecule has 0 spiro atoms. The van der Waals surface area contributed by atoms with E-state index in [-0.39, 0.29) is 47.3 Å². The molecule has 1 aromatic carbocycles. The topological polar surface area (TPSA) is 119 Å². The van der Waals surface area contributed by atoms with Crippen LogP contribution in [0.1, 0.15) is 56.5 Å². The van der Waals surface area contributed by atoms with Crippen LogP contribution in [0.5, 0.6) is 0 Å². The maximum atomic E-state index is 13.5. The van der Waals surface area contributed by atoms with E-state index in [0.717, 1.165) is 5.56 Å². The molecule has 2 N–H and O–H groups in total. The minimum absolute atomic E-state index is 0.0114. The normalized spacial score (nSPS) is 27.9. The number of nitrogens with one attached hydrogen (secondary N) is 2. The van der Waals surface area contributed by atoms with Gasteiger partial charge in [-0.2, -0.15) is 5.26 Å². The van der Waals surface area contributed by atoms with Gasteiger partial charge < -0.3 is 20.3 Å². The van der Waals surface area contributed by atoms with Crippen LogP contribution in [0.4, 0.5) is 0 Å². The average molecular weight is 465 g/mol. The number of hydrogen-bond donors (Lipinski definition) is 2. The Hall–Kier alpha value is -3.21. The van der Waals surface area contributed by atoms with Gasteiger partial charge in [-0.1, -0.05) is 26.0 Å². The second-order valence-corrected chi connectivity index (χ2v) is 10.9. The number of piperidine rings is 1. The maximum absolute atomic E-state index is 13.5. The number of amides is 3. The summed E-state index contributed by atoms with van der Waals surface area (Å²) in [5, 5.41) is 15.0. The highest BCUT2D eigenvalue weighted by atomic mass is 16.2. The van der Waals surface area contributed by atoms with Crippen LogP contribution in [-0.2, 0) is 19.8 Å². The van der Waals surface area contributed by atoms with Crippen molar-refractivity contribution < 1.29 is 19.2 Å².